The van der Waals surface area contributed by atoms with E-state index < -0.39 is 17.2 Å². The van der Waals surface area contributed by atoms with Crippen LogP contribution in [0.2, 0.25) is 5.02 Å². The zero-order valence-electron chi connectivity index (χ0n) is 13.9. The molecule has 0 fully saturated rings. The van der Waals surface area contributed by atoms with E-state index in [0.29, 0.717) is 21.8 Å². The van der Waals surface area contributed by atoms with Gasteiger partial charge in [0.25, 0.3) is 0 Å². The molecule has 0 radical (unpaired) electrons. The van der Waals surface area contributed by atoms with Gasteiger partial charge in [0.2, 0.25) is 5.91 Å². The highest BCUT2D eigenvalue weighted by atomic mass is 35.5. The van der Waals surface area contributed by atoms with E-state index in [1.165, 1.54) is 18.8 Å². The van der Waals surface area contributed by atoms with Crippen molar-refractivity contribution in [2.45, 2.75) is 23.9 Å². The monoisotopic (exact) mass is 383 g/mol. The van der Waals surface area contributed by atoms with E-state index in [-0.39, 0.29) is 6.61 Å². The number of amides is 3. The lowest BCUT2D eigenvalue weighted by molar-refractivity contribution is -0.119. The van der Waals surface area contributed by atoms with E-state index in [2.05, 4.69) is 20.8 Å². The predicted octanol–water partition coefficient (Wildman–Crippen LogP) is 1.98. The topological polar surface area (TPSA) is 98.1 Å². The Morgan fingerprint density at radius 2 is 2.00 bits per heavy atom. The van der Waals surface area contributed by atoms with Gasteiger partial charge in [0.15, 0.2) is 11.0 Å². The molecule has 25 heavy (non-hydrogen) atoms. The maximum Gasteiger partial charge on any atom is 0.321 e. The molecule has 0 aliphatic heterocycles. The van der Waals surface area contributed by atoms with Crippen LogP contribution in [0.15, 0.2) is 29.4 Å². The number of nitrogens with zero attached hydrogens (tertiary/aromatic N) is 3. The molecule has 0 unspecified atom stereocenters. The van der Waals surface area contributed by atoms with Crippen LogP contribution < -0.4 is 15.4 Å². The molecule has 0 bridgehead atoms. The number of carbonyl (C=O) groups is 2. The first kappa shape index (κ1) is 19.1. The number of imide groups is 1. The molecule has 10 heteroatoms. The molecule has 2 rings (SSSR count). The zero-order chi connectivity index (χ0) is 18.4. The molecular weight excluding hydrogens is 366 g/mol. The Balaban J connectivity index is 1.94. The lowest BCUT2D eigenvalue weighted by Gasteiger charge is -2.10. The highest BCUT2D eigenvalue weighted by Gasteiger charge is 2.20. The van der Waals surface area contributed by atoms with Gasteiger partial charge in [-0.2, -0.15) is 0 Å². The molecule has 3 amide bonds. The van der Waals surface area contributed by atoms with Crippen LogP contribution in [0.5, 0.6) is 5.75 Å². The Kier molecular flexibility index (Phi) is 6.65. The summed E-state index contributed by atoms with van der Waals surface area (Å²) in [6.45, 7) is 1.91. The van der Waals surface area contributed by atoms with Crippen LogP contribution >= 0.6 is 23.4 Å². The molecule has 0 spiro atoms. The molecule has 1 heterocycles. The molecule has 134 valence electrons. The van der Waals surface area contributed by atoms with Crippen molar-refractivity contribution >= 4 is 35.3 Å². The van der Waals surface area contributed by atoms with Gasteiger partial charge in [0, 0.05) is 19.1 Å². The molecule has 0 aliphatic carbocycles. The summed E-state index contributed by atoms with van der Waals surface area (Å²) in [6, 6.07) is 6.45. The number of carbonyl (C=O) groups excluding carboxylic acids is 2. The fourth-order valence-electron chi connectivity index (χ4n) is 1.74. The van der Waals surface area contributed by atoms with Crippen molar-refractivity contribution in [2.75, 3.05) is 7.05 Å². The van der Waals surface area contributed by atoms with Crippen molar-refractivity contribution in [1.82, 2.24) is 25.4 Å². The van der Waals surface area contributed by atoms with Gasteiger partial charge in [-0.25, -0.2) is 4.79 Å². The molecule has 0 saturated heterocycles. The van der Waals surface area contributed by atoms with E-state index in [1.807, 2.05) is 0 Å². The Bertz CT molecular complexity index is 750. The van der Waals surface area contributed by atoms with Crippen LogP contribution in [-0.2, 0) is 18.4 Å². The number of hydrogen-bond donors (Lipinski definition) is 2. The Hall–Kier alpha value is -2.26. The molecule has 2 aromatic rings. The minimum atomic E-state index is -0.549. The maximum atomic E-state index is 11.9. The second-order valence-electron chi connectivity index (χ2n) is 5.03. The molecule has 2 N–H and O–H groups in total. The number of urea groups is 1. The number of hydrogen-bond acceptors (Lipinski definition) is 6. The second kappa shape index (κ2) is 8.72. The minimum absolute atomic E-state index is 0.227. The molecule has 1 aromatic heterocycles. The quantitative estimate of drug-likeness (QED) is 0.740. The summed E-state index contributed by atoms with van der Waals surface area (Å²) < 4.78 is 7.38. The van der Waals surface area contributed by atoms with E-state index in [1.54, 1.807) is 42.8 Å². The van der Waals surface area contributed by atoms with Crippen molar-refractivity contribution in [3.63, 3.8) is 0 Å². The van der Waals surface area contributed by atoms with Crippen molar-refractivity contribution < 1.29 is 14.3 Å². The fraction of sp³-hybridized carbons (Fsp3) is 0.333. The second-order valence-corrected chi connectivity index (χ2v) is 6.77. The van der Waals surface area contributed by atoms with Gasteiger partial charge in [0.1, 0.15) is 12.4 Å². The SMILES string of the molecule is CNC(=O)NC(=O)[C@H](C)Sc1nnc(COc2ccc(Cl)cc2)n1C. The normalized spacial score (nSPS) is 11.7. The summed E-state index contributed by atoms with van der Waals surface area (Å²) >= 11 is 7.03. The highest BCUT2D eigenvalue weighted by molar-refractivity contribution is 8.00. The largest absolute Gasteiger partial charge is 0.486 e. The number of aromatic nitrogens is 3. The van der Waals surface area contributed by atoms with Crippen molar-refractivity contribution in [2.24, 2.45) is 7.05 Å². The third-order valence-corrected chi connectivity index (χ3v) is 4.61. The Labute approximate surface area is 154 Å². The van der Waals surface area contributed by atoms with Gasteiger partial charge in [-0.05, 0) is 31.2 Å². The average molecular weight is 384 g/mol. The van der Waals surface area contributed by atoms with Crippen LogP contribution in [0.3, 0.4) is 0 Å². The molecule has 8 nitrogen and oxygen atoms in total. The smallest absolute Gasteiger partial charge is 0.321 e. The first-order chi connectivity index (χ1) is 11.9. The van der Waals surface area contributed by atoms with Crippen molar-refractivity contribution in [3.05, 3.63) is 35.1 Å². The van der Waals surface area contributed by atoms with Gasteiger partial charge in [0.05, 0.1) is 5.25 Å². The zero-order valence-corrected chi connectivity index (χ0v) is 15.5. The summed E-state index contributed by atoms with van der Waals surface area (Å²) in [4.78, 5) is 23.1. The summed E-state index contributed by atoms with van der Waals surface area (Å²) in [5.74, 6) is 0.864. The molecule has 1 aromatic carbocycles. The number of ether oxygens (including phenoxy) is 1. The van der Waals surface area contributed by atoms with Gasteiger partial charge < -0.3 is 14.6 Å². The molecular formula is C15H18ClN5O3S. The van der Waals surface area contributed by atoms with Crippen LogP contribution in [0.1, 0.15) is 12.7 Å². The summed E-state index contributed by atoms with van der Waals surface area (Å²) in [6.07, 6.45) is 0. The lowest BCUT2D eigenvalue weighted by Crippen LogP contribution is -2.41. The summed E-state index contributed by atoms with van der Waals surface area (Å²) in [7, 11) is 3.22. The maximum absolute atomic E-state index is 11.9. The van der Waals surface area contributed by atoms with E-state index in [4.69, 9.17) is 16.3 Å². The van der Waals surface area contributed by atoms with E-state index >= 15 is 0 Å². The molecule has 0 saturated carbocycles. The minimum Gasteiger partial charge on any atom is -0.486 e. The fourth-order valence-corrected chi connectivity index (χ4v) is 2.70. The first-order valence-corrected chi connectivity index (χ1v) is 8.62. The highest BCUT2D eigenvalue weighted by Crippen LogP contribution is 2.22. The number of thioether (sulfide) groups is 1. The van der Waals surface area contributed by atoms with Gasteiger partial charge >= 0.3 is 6.03 Å². The van der Waals surface area contributed by atoms with Crippen LogP contribution in [0.4, 0.5) is 4.79 Å². The van der Waals surface area contributed by atoms with Gasteiger partial charge in [-0.3, -0.25) is 10.1 Å². The first-order valence-electron chi connectivity index (χ1n) is 7.36. The summed E-state index contributed by atoms with van der Waals surface area (Å²) in [5.41, 5.74) is 0. The number of halogens is 1. The summed E-state index contributed by atoms with van der Waals surface area (Å²) in [5, 5.41) is 13.4. The molecule has 0 aliphatic rings. The van der Waals surface area contributed by atoms with Gasteiger partial charge in [-0.15, -0.1) is 10.2 Å². The standard InChI is InChI=1S/C15H18ClN5O3S/c1-9(13(22)18-14(23)17-2)25-15-20-19-12(21(15)3)8-24-11-6-4-10(16)5-7-11/h4-7,9H,8H2,1-3H3,(H2,17,18,22,23)/t9-/m0/s1. The predicted molar refractivity (Wildman–Crippen MR) is 94.7 cm³/mol. The lowest BCUT2D eigenvalue weighted by atomic mass is 10.3. The van der Waals surface area contributed by atoms with Gasteiger partial charge in [-0.1, -0.05) is 23.4 Å². The van der Waals surface area contributed by atoms with Crippen LogP contribution in [-0.4, -0.2) is 39.0 Å². The van der Waals surface area contributed by atoms with E-state index in [9.17, 15) is 9.59 Å². The number of rotatable bonds is 6. The third kappa shape index (κ3) is 5.36. The Morgan fingerprint density at radius 3 is 2.64 bits per heavy atom. The Morgan fingerprint density at radius 1 is 1.32 bits per heavy atom. The van der Waals surface area contributed by atoms with Crippen molar-refractivity contribution in [3.8, 4) is 5.75 Å². The third-order valence-electron chi connectivity index (χ3n) is 3.22. The van der Waals surface area contributed by atoms with Crippen LogP contribution in [0.25, 0.3) is 0 Å². The van der Waals surface area contributed by atoms with E-state index in [0.717, 1.165) is 0 Å². The molecule has 1 atom stereocenters. The van der Waals surface area contributed by atoms with Crippen molar-refractivity contribution in [1.29, 1.82) is 0 Å². The number of benzene rings is 1. The number of nitrogens with one attached hydrogen (secondary N) is 2. The average Bonchev–Trinajstić information content (AvgIpc) is 2.94. The van der Waals surface area contributed by atoms with Crippen LogP contribution in [0, 0.1) is 0 Å².